The molecule has 0 spiro atoms. The number of ether oxygens (including phenoxy) is 3. The summed E-state index contributed by atoms with van der Waals surface area (Å²) < 4.78 is 64.7. The van der Waals surface area contributed by atoms with E-state index in [1.54, 1.807) is 12.1 Å². The fourth-order valence-corrected chi connectivity index (χ4v) is 5.70. The number of pyridine rings is 1. The number of benzene rings is 3. The van der Waals surface area contributed by atoms with Gasteiger partial charge in [-0.2, -0.15) is 0 Å². The number of carbonyl (C=O) groups is 1. The summed E-state index contributed by atoms with van der Waals surface area (Å²) in [5, 5.41) is 9.87. The molecule has 238 valence electrons. The first-order chi connectivity index (χ1) is 22.1. The molecule has 0 bridgehead atoms. The van der Waals surface area contributed by atoms with Crippen LogP contribution in [0.2, 0.25) is 5.02 Å². The fraction of sp³-hybridized carbons (Fsp3) is 0.265. The molecule has 12 heteroatoms. The van der Waals surface area contributed by atoms with Gasteiger partial charge in [0.25, 0.3) is 0 Å². The molecule has 1 aliphatic heterocycles. The second-order valence-electron chi connectivity index (χ2n) is 11.2. The number of aromatic nitrogens is 3. The van der Waals surface area contributed by atoms with E-state index in [2.05, 4.69) is 4.98 Å². The highest BCUT2D eigenvalue weighted by Gasteiger charge is 2.34. The Bertz CT molecular complexity index is 1930. The van der Waals surface area contributed by atoms with Gasteiger partial charge in [-0.3, -0.25) is 0 Å². The van der Waals surface area contributed by atoms with Crippen LogP contribution in [0.25, 0.3) is 22.3 Å². The van der Waals surface area contributed by atoms with Gasteiger partial charge in [0.15, 0.2) is 0 Å². The third-order valence-corrected chi connectivity index (χ3v) is 7.90. The number of hydrogen-bond acceptors (Lipinski definition) is 6. The van der Waals surface area contributed by atoms with E-state index in [0.29, 0.717) is 23.5 Å². The normalized spacial score (nSPS) is 16.4. The van der Waals surface area contributed by atoms with Crippen LogP contribution in [0, 0.1) is 17.5 Å². The maximum Gasteiger partial charge on any atom is 0.335 e. The summed E-state index contributed by atoms with van der Waals surface area (Å²) >= 11 is 5.81. The molecule has 0 saturated carbocycles. The Morgan fingerprint density at radius 3 is 2.57 bits per heavy atom. The van der Waals surface area contributed by atoms with E-state index >= 15 is 8.78 Å². The standard InChI is InChI=1S/C34H29ClF3N3O5/c1-18(2)46-31-17-44-16-30(31)41-29-11-19(34(42)43)7-9-28(29)39-32(41)12-21-10-26(38)23(14-25(21)37)27-4-3-5-33(40-27)45-15-20-6-8-22(35)13-24(20)36/h3-11,13-14,18,30-31H,12,15-17H2,1-2H3,(H,42,43)/t30-,31+/m1/s1. The molecular formula is C34H29ClF3N3O5. The van der Waals surface area contributed by atoms with Crippen molar-refractivity contribution in [1.82, 2.24) is 14.5 Å². The SMILES string of the molecule is CC(C)O[C@H]1COC[C@H]1n1c(Cc2cc(F)c(-c3cccc(OCc4ccc(Cl)cc4F)n3)cc2F)nc2ccc(C(=O)O)cc21. The Balaban J connectivity index is 1.31. The van der Waals surface area contributed by atoms with Crippen molar-refractivity contribution in [3.63, 3.8) is 0 Å². The van der Waals surface area contributed by atoms with E-state index in [0.717, 1.165) is 12.1 Å². The molecule has 46 heavy (non-hydrogen) atoms. The molecule has 2 aromatic heterocycles. The van der Waals surface area contributed by atoms with Crippen LogP contribution in [-0.2, 0) is 22.5 Å². The second kappa shape index (κ2) is 13.1. The topological polar surface area (TPSA) is 95.7 Å². The maximum absolute atomic E-state index is 15.7. The largest absolute Gasteiger partial charge is 0.478 e. The molecule has 0 aliphatic carbocycles. The minimum Gasteiger partial charge on any atom is -0.478 e. The minimum absolute atomic E-state index is 0.0436. The number of rotatable bonds is 10. The van der Waals surface area contributed by atoms with Crippen LogP contribution in [0.4, 0.5) is 13.2 Å². The molecule has 1 N–H and O–H groups in total. The summed E-state index contributed by atoms with van der Waals surface area (Å²) in [6, 6.07) is 15.2. The summed E-state index contributed by atoms with van der Waals surface area (Å²) in [5.41, 5.74) is 1.45. The monoisotopic (exact) mass is 651 g/mol. The quantitative estimate of drug-likeness (QED) is 0.168. The van der Waals surface area contributed by atoms with Crippen molar-refractivity contribution < 1.29 is 37.3 Å². The summed E-state index contributed by atoms with van der Waals surface area (Å²) in [7, 11) is 0. The van der Waals surface area contributed by atoms with Gasteiger partial charge in [0.1, 0.15) is 36.0 Å². The van der Waals surface area contributed by atoms with Crippen molar-refractivity contribution in [2.45, 2.75) is 45.1 Å². The summed E-state index contributed by atoms with van der Waals surface area (Å²) in [4.78, 5) is 20.8. The van der Waals surface area contributed by atoms with Crippen LogP contribution >= 0.6 is 11.6 Å². The van der Waals surface area contributed by atoms with Crippen molar-refractivity contribution in [2.24, 2.45) is 0 Å². The highest BCUT2D eigenvalue weighted by Crippen LogP contribution is 2.33. The van der Waals surface area contributed by atoms with Gasteiger partial charge < -0.3 is 23.9 Å². The van der Waals surface area contributed by atoms with Gasteiger partial charge in [-0.25, -0.2) is 27.9 Å². The molecule has 3 aromatic carbocycles. The lowest BCUT2D eigenvalue weighted by atomic mass is 10.0. The second-order valence-corrected chi connectivity index (χ2v) is 11.7. The number of halogens is 4. The smallest absolute Gasteiger partial charge is 0.335 e. The number of fused-ring (bicyclic) bond motifs is 1. The number of imidazole rings is 1. The molecule has 8 nitrogen and oxygen atoms in total. The molecule has 2 atom stereocenters. The van der Waals surface area contributed by atoms with Gasteiger partial charge in [0.05, 0.1) is 47.7 Å². The molecular weight excluding hydrogens is 623 g/mol. The molecule has 0 radical (unpaired) electrons. The van der Waals surface area contributed by atoms with Gasteiger partial charge in [-0.05, 0) is 67.9 Å². The van der Waals surface area contributed by atoms with E-state index in [1.807, 2.05) is 18.4 Å². The number of carboxylic acids is 1. The van der Waals surface area contributed by atoms with Crippen LogP contribution in [0.15, 0.2) is 66.7 Å². The van der Waals surface area contributed by atoms with Gasteiger partial charge in [0.2, 0.25) is 5.88 Å². The zero-order chi connectivity index (χ0) is 32.5. The van der Waals surface area contributed by atoms with Crippen molar-refractivity contribution >= 4 is 28.6 Å². The maximum atomic E-state index is 15.7. The van der Waals surface area contributed by atoms with Gasteiger partial charge in [-0.1, -0.05) is 23.7 Å². The Morgan fingerprint density at radius 1 is 1.00 bits per heavy atom. The van der Waals surface area contributed by atoms with Crippen molar-refractivity contribution in [1.29, 1.82) is 0 Å². The van der Waals surface area contributed by atoms with E-state index in [4.69, 9.17) is 30.8 Å². The molecule has 0 amide bonds. The lowest BCUT2D eigenvalue weighted by Gasteiger charge is -2.24. The van der Waals surface area contributed by atoms with Crippen molar-refractivity contribution in [3.05, 3.63) is 112 Å². The van der Waals surface area contributed by atoms with E-state index in [-0.39, 0.29) is 76.7 Å². The first-order valence-electron chi connectivity index (χ1n) is 14.6. The predicted molar refractivity (Wildman–Crippen MR) is 165 cm³/mol. The van der Waals surface area contributed by atoms with Crippen LogP contribution in [0.1, 0.15) is 47.2 Å². The highest BCUT2D eigenvalue weighted by molar-refractivity contribution is 6.30. The Kier molecular flexibility index (Phi) is 8.99. The van der Waals surface area contributed by atoms with Crippen molar-refractivity contribution in [2.75, 3.05) is 13.2 Å². The first kappa shape index (κ1) is 31.5. The zero-order valence-corrected chi connectivity index (χ0v) is 25.6. The van der Waals surface area contributed by atoms with E-state index in [9.17, 15) is 14.3 Å². The van der Waals surface area contributed by atoms with Crippen LogP contribution in [0.5, 0.6) is 5.88 Å². The number of carboxylic acid groups (broad SMARTS) is 1. The average Bonchev–Trinajstić information content (AvgIpc) is 3.60. The van der Waals surface area contributed by atoms with Gasteiger partial charge >= 0.3 is 5.97 Å². The Morgan fingerprint density at radius 2 is 1.80 bits per heavy atom. The van der Waals surface area contributed by atoms with Gasteiger partial charge in [-0.15, -0.1) is 0 Å². The Labute approximate surface area is 267 Å². The zero-order valence-electron chi connectivity index (χ0n) is 24.8. The molecule has 0 unspecified atom stereocenters. The van der Waals surface area contributed by atoms with Crippen LogP contribution in [0.3, 0.4) is 0 Å². The summed E-state index contributed by atoms with van der Waals surface area (Å²) in [5.74, 6) is -2.54. The summed E-state index contributed by atoms with van der Waals surface area (Å²) in [6.07, 6.45) is -0.545. The number of hydrogen-bond donors (Lipinski definition) is 1. The van der Waals surface area contributed by atoms with Crippen LogP contribution < -0.4 is 4.74 Å². The van der Waals surface area contributed by atoms with Crippen LogP contribution in [-0.4, -0.2) is 51.0 Å². The third kappa shape index (κ3) is 6.57. The Hall–Kier alpha value is -4.45. The molecule has 1 saturated heterocycles. The molecule has 5 aromatic rings. The molecule has 1 aliphatic rings. The van der Waals surface area contributed by atoms with Crippen molar-refractivity contribution in [3.8, 4) is 17.1 Å². The predicted octanol–water partition coefficient (Wildman–Crippen LogP) is 7.40. The third-order valence-electron chi connectivity index (χ3n) is 7.66. The van der Waals surface area contributed by atoms with Gasteiger partial charge in [0, 0.05) is 28.6 Å². The minimum atomic E-state index is -1.10. The highest BCUT2D eigenvalue weighted by atomic mass is 35.5. The first-order valence-corrected chi connectivity index (χ1v) is 14.9. The lowest BCUT2D eigenvalue weighted by Crippen LogP contribution is -2.29. The molecule has 3 heterocycles. The fourth-order valence-electron chi connectivity index (χ4n) is 5.54. The number of aromatic carboxylic acids is 1. The molecule has 1 fully saturated rings. The average molecular weight is 652 g/mol. The van der Waals surface area contributed by atoms with E-state index in [1.165, 1.54) is 42.5 Å². The lowest BCUT2D eigenvalue weighted by molar-refractivity contribution is -0.0110. The van der Waals surface area contributed by atoms with E-state index < -0.39 is 23.4 Å². The molecule has 6 rings (SSSR count). The number of nitrogens with zero attached hydrogens (tertiary/aromatic N) is 3. The summed E-state index contributed by atoms with van der Waals surface area (Å²) in [6.45, 7) is 4.26.